The first kappa shape index (κ1) is 17.9. The minimum absolute atomic E-state index is 0.192. The molecular formula is C21H15NO5S. The van der Waals surface area contributed by atoms with Gasteiger partial charge in [0.25, 0.3) is 11.8 Å². The summed E-state index contributed by atoms with van der Waals surface area (Å²) < 4.78 is 5.56. The molecule has 2 amide bonds. The van der Waals surface area contributed by atoms with Crippen LogP contribution in [0.3, 0.4) is 0 Å². The van der Waals surface area contributed by atoms with Crippen LogP contribution in [0.5, 0.6) is 5.75 Å². The fourth-order valence-corrected chi connectivity index (χ4v) is 3.88. The zero-order valence-electron chi connectivity index (χ0n) is 14.9. The van der Waals surface area contributed by atoms with E-state index in [2.05, 4.69) is 0 Å². The molecule has 0 aliphatic carbocycles. The molecule has 1 aromatic heterocycles. The van der Waals surface area contributed by atoms with E-state index < -0.39 is 17.8 Å². The number of nitrogens with zero attached hydrogens (tertiary/aromatic N) is 1. The Balaban J connectivity index is 1.63. The number of fused-ring (bicyclic) bond motifs is 1. The second-order valence-electron chi connectivity index (χ2n) is 5.93. The molecule has 1 aliphatic heterocycles. The summed E-state index contributed by atoms with van der Waals surface area (Å²) in [5.41, 5.74) is 1.34. The summed E-state index contributed by atoms with van der Waals surface area (Å²) in [6.45, 7) is 2.16. The molecule has 0 N–H and O–H groups in total. The lowest BCUT2D eigenvalue weighted by Crippen LogP contribution is -2.32. The molecule has 0 saturated carbocycles. The number of ether oxygens (including phenoxy) is 1. The molecule has 140 valence electrons. The maximum atomic E-state index is 12.7. The van der Waals surface area contributed by atoms with Gasteiger partial charge >= 0.3 is 5.97 Å². The molecule has 3 aromatic rings. The number of imide groups is 1. The smallest absolute Gasteiger partial charge is 0.377 e. The molecule has 4 rings (SSSR count). The third-order valence-electron chi connectivity index (χ3n) is 4.17. The van der Waals surface area contributed by atoms with Crippen molar-refractivity contribution < 1.29 is 24.0 Å². The van der Waals surface area contributed by atoms with E-state index in [4.69, 9.17) is 9.57 Å². The number of carbonyl (C=O) groups excluding carboxylic acids is 3. The Bertz CT molecular complexity index is 1040. The maximum absolute atomic E-state index is 12.7. The zero-order valence-corrected chi connectivity index (χ0v) is 15.7. The van der Waals surface area contributed by atoms with Crippen molar-refractivity contribution in [3.63, 3.8) is 0 Å². The number of benzene rings is 2. The summed E-state index contributed by atoms with van der Waals surface area (Å²) in [5, 5.41) is 0.505. The lowest BCUT2D eigenvalue weighted by atomic mass is 10.1. The van der Waals surface area contributed by atoms with Crippen LogP contribution in [-0.2, 0) is 4.84 Å². The summed E-state index contributed by atoms with van der Waals surface area (Å²) in [4.78, 5) is 43.7. The van der Waals surface area contributed by atoms with Crippen molar-refractivity contribution in [1.29, 1.82) is 0 Å². The predicted molar refractivity (Wildman–Crippen MR) is 103 cm³/mol. The lowest BCUT2D eigenvalue weighted by Gasteiger charge is -2.12. The largest absolute Gasteiger partial charge is 0.492 e. The summed E-state index contributed by atoms with van der Waals surface area (Å²) in [7, 11) is 0. The Hall–Kier alpha value is -3.45. The standard InChI is InChI=1S/C21H15NO5S/c1-2-26-16-12-17(13-8-4-3-5-9-13)28-18(16)21(25)27-22-19(23)14-10-6-7-11-15(14)20(22)24/h3-12H,2H2,1H3. The highest BCUT2D eigenvalue weighted by Gasteiger charge is 2.39. The number of thiophene rings is 1. The van der Waals surface area contributed by atoms with E-state index in [1.807, 2.05) is 30.3 Å². The van der Waals surface area contributed by atoms with E-state index >= 15 is 0 Å². The molecular weight excluding hydrogens is 378 g/mol. The zero-order chi connectivity index (χ0) is 19.7. The molecule has 0 saturated heterocycles. The van der Waals surface area contributed by atoms with Gasteiger partial charge in [-0.05, 0) is 30.7 Å². The summed E-state index contributed by atoms with van der Waals surface area (Å²) >= 11 is 1.18. The van der Waals surface area contributed by atoms with E-state index in [1.54, 1.807) is 25.1 Å². The quantitative estimate of drug-likeness (QED) is 0.608. The maximum Gasteiger partial charge on any atom is 0.377 e. The number of hydrogen-bond donors (Lipinski definition) is 0. The highest BCUT2D eigenvalue weighted by atomic mass is 32.1. The van der Waals surface area contributed by atoms with Crippen molar-refractivity contribution in [2.24, 2.45) is 0 Å². The van der Waals surface area contributed by atoms with Gasteiger partial charge in [0.15, 0.2) is 4.88 Å². The molecule has 0 unspecified atom stereocenters. The lowest BCUT2D eigenvalue weighted by molar-refractivity contribution is -0.0582. The number of hydrogen-bond acceptors (Lipinski definition) is 6. The van der Waals surface area contributed by atoms with E-state index in [0.717, 1.165) is 10.4 Å². The molecule has 0 bridgehead atoms. The fourth-order valence-electron chi connectivity index (χ4n) is 2.90. The second kappa shape index (κ2) is 7.28. The third-order valence-corrected chi connectivity index (χ3v) is 5.32. The van der Waals surface area contributed by atoms with Crippen molar-refractivity contribution in [1.82, 2.24) is 5.06 Å². The first-order valence-electron chi connectivity index (χ1n) is 8.62. The molecule has 7 heteroatoms. The SMILES string of the molecule is CCOc1cc(-c2ccccc2)sc1C(=O)ON1C(=O)c2ccccc2C1=O. The topological polar surface area (TPSA) is 72.9 Å². The van der Waals surface area contributed by atoms with Gasteiger partial charge in [-0.15, -0.1) is 11.3 Å². The van der Waals surface area contributed by atoms with Crippen molar-refractivity contribution in [2.45, 2.75) is 6.92 Å². The average Bonchev–Trinajstić information content (AvgIpc) is 3.25. The first-order valence-corrected chi connectivity index (χ1v) is 9.44. The highest BCUT2D eigenvalue weighted by molar-refractivity contribution is 7.17. The molecule has 6 nitrogen and oxygen atoms in total. The Labute approximate surface area is 164 Å². The highest BCUT2D eigenvalue weighted by Crippen LogP contribution is 2.37. The van der Waals surface area contributed by atoms with Gasteiger partial charge in [-0.1, -0.05) is 47.5 Å². The number of hydroxylamine groups is 2. The molecule has 0 radical (unpaired) electrons. The van der Waals surface area contributed by atoms with Crippen LogP contribution in [-0.4, -0.2) is 29.5 Å². The summed E-state index contributed by atoms with van der Waals surface area (Å²) in [5.74, 6) is -1.78. The van der Waals surface area contributed by atoms with Gasteiger partial charge < -0.3 is 9.57 Å². The van der Waals surface area contributed by atoms with Gasteiger partial charge in [-0.25, -0.2) is 4.79 Å². The Morgan fingerprint density at radius 3 is 2.18 bits per heavy atom. The van der Waals surface area contributed by atoms with E-state index in [0.29, 0.717) is 17.4 Å². The Kier molecular flexibility index (Phi) is 4.67. The minimum Gasteiger partial charge on any atom is -0.492 e. The Morgan fingerprint density at radius 2 is 1.57 bits per heavy atom. The van der Waals surface area contributed by atoms with Crippen LogP contribution in [0.15, 0.2) is 60.7 Å². The van der Waals surface area contributed by atoms with Crippen LogP contribution in [0.1, 0.15) is 37.3 Å². The van der Waals surface area contributed by atoms with Crippen molar-refractivity contribution in [3.8, 4) is 16.2 Å². The Morgan fingerprint density at radius 1 is 0.964 bits per heavy atom. The number of carbonyl (C=O) groups is 3. The van der Waals surface area contributed by atoms with Gasteiger partial charge in [0.05, 0.1) is 17.7 Å². The summed E-state index contributed by atoms with van der Waals surface area (Å²) in [6.07, 6.45) is 0. The van der Waals surface area contributed by atoms with Gasteiger partial charge in [-0.2, -0.15) is 0 Å². The van der Waals surface area contributed by atoms with Gasteiger partial charge in [0, 0.05) is 4.88 Å². The van der Waals surface area contributed by atoms with Gasteiger partial charge in [0.2, 0.25) is 0 Å². The van der Waals surface area contributed by atoms with Crippen LogP contribution in [0, 0.1) is 0 Å². The second-order valence-corrected chi connectivity index (χ2v) is 6.98. The molecule has 2 heterocycles. The van der Waals surface area contributed by atoms with Crippen molar-refractivity contribution >= 4 is 29.1 Å². The van der Waals surface area contributed by atoms with E-state index in [9.17, 15) is 14.4 Å². The number of amides is 2. The molecule has 0 atom stereocenters. The van der Waals surface area contributed by atoms with Gasteiger partial charge in [-0.3, -0.25) is 9.59 Å². The monoisotopic (exact) mass is 393 g/mol. The molecule has 0 spiro atoms. The van der Waals surface area contributed by atoms with Gasteiger partial charge in [0.1, 0.15) is 5.75 Å². The molecule has 0 fully saturated rings. The van der Waals surface area contributed by atoms with E-state index in [1.165, 1.54) is 23.5 Å². The van der Waals surface area contributed by atoms with Crippen LogP contribution < -0.4 is 4.74 Å². The predicted octanol–water partition coefficient (Wildman–Crippen LogP) is 4.18. The fraction of sp³-hybridized carbons (Fsp3) is 0.0952. The van der Waals surface area contributed by atoms with Crippen LogP contribution >= 0.6 is 11.3 Å². The molecule has 2 aromatic carbocycles. The normalized spacial score (nSPS) is 12.8. The van der Waals surface area contributed by atoms with Crippen LogP contribution in [0.25, 0.3) is 10.4 Å². The molecule has 28 heavy (non-hydrogen) atoms. The van der Waals surface area contributed by atoms with Crippen LogP contribution in [0.4, 0.5) is 0 Å². The molecule has 1 aliphatic rings. The third kappa shape index (κ3) is 3.05. The van der Waals surface area contributed by atoms with E-state index in [-0.39, 0.29) is 16.0 Å². The first-order chi connectivity index (χ1) is 13.6. The van der Waals surface area contributed by atoms with Crippen molar-refractivity contribution in [3.05, 3.63) is 76.7 Å². The number of rotatable bonds is 5. The van der Waals surface area contributed by atoms with Crippen molar-refractivity contribution in [2.75, 3.05) is 6.61 Å². The minimum atomic E-state index is -0.815. The van der Waals surface area contributed by atoms with Crippen LogP contribution in [0.2, 0.25) is 0 Å². The average molecular weight is 393 g/mol. The summed E-state index contributed by atoms with van der Waals surface area (Å²) in [6, 6.07) is 17.6.